The number of aliphatic hydroxyl groups excluding tert-OH is 2. The van der Waals surface area contributed by atoms with E-state index < -0.39 is 25.2 Å². The van der Waals surface area contributed by atoms with Crippen molar-refractivity contribution >= 4 is 11.9 Å². The van der Waals surface area contributed by atoms with Gasteiger partial charge in [0.15, 0.2) is 0 Å². The van der Waals surface area contributed by atoms with Crippen LogP contribution in [0.1, 0.15) is 55.7 Å². The molecule has 0 bridgehead atoms. The first-order valence-electron chi connectivity index (χ1n) is 18.4. The lowest BCUT2D eigenvalue weighted by Gasteiger charge is -2.14. The predicted octanol–water partition coefficient (Wildman–Crippen LogP) is 8.26. The molecule has 0 fully saturated rings. The number of aryl methyl sites for hydroxylation is 3. The third-order valence-corrected chi connectivity index (χ3v) is 8.90. The highest BCUT2D eigenvalue weighted by Gasteiger charge is 2.10. The molecule has 0 heterocycles. The highest BCUT2D eigenvalue weighted by Crippen LogP contribution is 2.28. The Morgan fingerprint density at radius 3 is 1.51 bits per heavy atom. The first-order valence-corrected chi connectivity index (χ1v) is 18.4. The van der Waals surface area contributed by atoms with Crippen molar-refractivity contribution in [3.05, 3.63) is 132 Å². The van der Waals surface area contributed by atoms with Gasteiger partial charge in [-0.05, 0) is 88.9 Å². The van der Waals surface area contributed by atoms with Gasteiger partial charge in [-0.15, -0.1) is 0 Å². The van der Waals surface area contributed by atoms with Gasteiger partial charge in [0.1, 0.15) is 37.9 Å². The van der Waals surface area contributed by atoms with Crippen molar-refractivity contribution in [2.75, 3.05) is 39.6 Å². The number of ether oxygens (including phenoxy) is 4. The van der Waals surface area contributed by atoms with Crippen LogP contribution in [0, 0.1) is 0 Å². The Morgan fingerprint density at radius 1 is 0.528 bits per heavy atom. The van der Waals surface area contributed by atoms with Crippen molar-refractivity contribution in [3.8, 4) is 33.8 Å². The molecule has 0 radical (unpaired) electrons. The number of carbonyl (C=O) groups excluding carboxylic acids is 2. The molecular formula is C45H52O8. The minimum atomic E-state index is -0.624. The van der Waals surface area contributed by atoms with Gasteiger partial charge in [0.2, 0.25) is 0 Å². The van der Waals surface area contributed by atoms with Crippen molar-refractivity contribution in [2.45, 2.75) is 58.3 Å². The van der Waals surface area contributed by atoms with Gasteiger partial charge in [-0.3, -0.25) is 0 Å². The van der Waals surface area contributed by atoms with Gasteiger partial charge in [-0.2, -0.15) is 0 Å². The molecule has 0 saturated heterocycles. The van der Waals surface area contributed by atoms with Gasteiger partial charge < -0.3 is 29.2 Å². The Kier molecular flexibility index (Phi) is 16.9. The highest BCUT2D eigenvalue weighted by molar-refractivity contribution is 5.88. The molecule has 0 aliphatic rings. The van der Waals surface area contributed by atoms with Gasteiger partial charge >= 0.3 is 11.9 Å². The van der Waals surface area contributed by atoms with E-state index in [1.54, 1.807) is 0 Å². The van der Waals surface area contributed by atoms with E-state index in [0.717, 1.165) is 36.0 Å². The molecule has 0 aliphatic carbocycles. The fourth-order valence-corrected chi connectivity index (χ4v) is 5.75. The third kappa shape index (κ3) is 13.4. The average Bonchev–Trinajstić information content (AvgIpc) is 3.20. The average molecular weight is 721 g/mol. The Balaban J connectivity index is 1.33. The Labute approximate surface area is 313 Å². The summed E-state index contributed by atoms with van der Waals surface area (Å²) in [6.07, 6.45) is 9.14. The van der Waals surface area contributed by atoms with Crippen molar-refractivity contribution < 1.29 is 38.7 Å². The summed E-state index contributed by atoms with van der Waals surface area (Å²) >= 11 is 0. The quantitative estimate of drug-likeness (QED) is 0.0448. The van der Waals surface area contributed by atoms with Crippen LogP contribution < -0.4 is 9.47 Å². The largest absolute Gasteiger partial charge is 0.490 e. The maximum Gasteiger partial charge on any atom is 0.335 e. The van der Waals surface area contributed by atoms with Gasteiger partial charge in [0.25, 0.3) is 0 Å². The van der Waals surface area contributed by atoms with Crippen LogP contribution in [0.25, 0.3) is 22.3 Å². The minimum Gasteiger partial charge on any atom is -0.490 e. The molecule has 280 valence electrons. The number of benzene rings is 4. The zero-order valence-electron chi connectivity index (χ0n) is 30.8. The molecule has 0 aliphatic heterocycles. The van der Waals surface area contributed by atoms with E-state index in [4.69, 9.17) is 29.2 Å². The second kappa shape index (κ2) is 22.0. The molecule has 4 aromatic rings. The number of unbranched alkanes of at least 4 members (excludes halogenated alkanes) is 4. The van der Waals surface area contributed by atoms with Crippen LogP contribution in [0.5, 0.6) is 11.5 Å². The van der Waals surface area contributed by atoms with E-state index >= 15 is 0 Å². The van der Waals surface area contributed by atoms with E-state index in [0.29, 0.717) is 11.5 Å². The zero-order valence-corrected chi connectivity index (χ0v) is 30.8. The number of hydrogen-bond acceptors (Lipinski definition) is 8. The van der Waals surface area contributed by atoms with Crippen LogP contribution in [-0.4, -0.2) is 61.8 Å². The van der Waals surface area contributed by atoms with Crippen LogP contribution in [-0.2, 0) is 38.3 Å². The predicted molar refractivity (Wildman–Crippen MR) is 209 cm³/mol. The Hall–Kier alpha value is -5.18. The van der Waals surface area contributed by atoms with E-state index in [-0.39, 0.29) is 37.6 Å². The normalized spacial score (nSPS) is 10.8. The van der Waals surface area contributed by atoms with E-state index in [1.807, 2.05) is 36.4 Å². The maximum absolute atomic E-state index is 11.6. The summed E-state index contributed by atoms with van der Waals surface area (Å²) in [4.78, 5) is 23.2. The van der Waals surface area contributed by atoms with Crippen LogP contribution in [0.4, 0.5) is 0 Å². The Bertz CT molecular complexity index is 1760. The van der Waals surface area contributed by atoms with Gasteiger partial charge in [-0.1, -0.05) is 112 Å². The summed E-state index contributed by atoms with van der Waals surface area (Å²) in [6.45, 7) is 8.86. The third-order valence-electron chi connectivity index (χ3n) is 8.90. The Morgan fingerprint density at radius 2 is 1.00 bits per heavy atom. The summed E-state index contributed by atoms with van der Waals surface area (Å²) in [5.74, 6) is 0.126. The van der Waals surface area contributed by atoms with E-state index in [1.165, 1.54) is 54.4 Å². The molecule has 0 amide bonds. The monoisotopic (exact) mass is 720 g/mol. The number of aliphatic hydroxyl groups is 2. The van der Waals surface area contributed by atoms with E-state index in [2.05, 4.69) is 74.7 Å². The summed E-state index contributed by atoms with van der Waals surface area (Å²) < 4.78 is 21.5. The first kappa shape index (κ1) is 40.6. The van der Waals surface area contributed by atoms with Crippen molar-refractivity contribution in [1.82, 2.24) is 0 Å². The molecule has 4 rings (SSSR count). The summed E-state index contributed by atoms with van der Waals surface area (Å²) in [5.41, 5.74) is 8.61. The van der Waals surface area contributed by atoms with Crippen LogP contribution in [0.15, 0.2) is 115 Å². The van der Waals surface area contributed by atoms with Crippen molar-refractivity contribution in [1.29, 1.82) is 0 Å². The number of hydrogen-bond donors (Lipinski definition) is 2. The lowest BCUT2D eigenvalue weighted by Crippen LogP contribution is -2.14. The lowest BCUT2D eigenvalue weighted by molar-refractivity contribution is -0.141. The zero-order chi connectivity index (χ0) is 37.8. The summed E-state index contributed by atoms with van der Waals surface area (Å²) in [5, 5.41) is 17.9. The number of esters is 2. The molecule has 4 aromatic carbocycles. The van der Waals surface area contributed by atoms with E-state index in [9.17, 15) is 9.59 Å². The molecule has 0 spiro atoms. The topological polar surface area (TPSA) is 112 Å². The molecule has 8 heteroatoms. The van der Waals surface area contributed by atoms with Gasteiger partial charge in [0, 0.05) is 0 Å². The summed E-state index contributed by atoms with van der Waals surface area (Å²) in [7, 11) is 0. The molecule has 2 N–H and O–H groups in total. The fraction of sp³-hybridized carbons (Fsp3) is 0.333. The summed E-state index contributed by atoms with van der Waals surface area (Å²) in [6, 6.07) is 31.3. The second-order valence-corrected chi connectivity index (χ2v) is 12.9. The maximum atomic E-state index is 11.6. The van der Waals surface area contributed by atoms with Gasteiger partial charge in [0.05, 0.1) is 24.4 Å². The second-order valence-electron chi connectivity index (χ2n) is 12.9. The SMILES string of the molecule is C=C(CO)C(=O)OCCOc1ccc(-c2ccc(CCc3ccc(-c4ccc(OCCOC(=O)C(=C)CO)cc4)cc3CCCCCCC)cc2)cc1. The molecule has 0 atom stereocenters. The number of carbonyl (C=O) groups is 2. The molecule has 0 saturated carbocycles. The number of rotatable bonds is 23. The lowest BCUT2D eigenvalue weighted by atomic mass is 9.92. The molecular weight excluding hydrogens is 668 g/mol. The molecule has 8 nitrogen and oxygen atoms in total. The van der Waals surface area contributed by atoms with Crippen molar-refractivity contribution in [2.24, 2.45) is 0 Å². The molecule has 53 heavy (non-hydrogen) atoms. The smallest absolute Gasteiger partial charge is 0.335 e. The van der Waals surface area contributed by atoms with Crippen LogP contribution >= 0.6 is 0 Å². The first-order chi connectivity index (χ1) is 25.8. The van der Waals surface area contributed by atoms with Gasteiger partial charge in [-0.25, -0.2) is 9.59 Å². The van der Waals surface area contributed by atoms with Crippen molar-refractivity contribution in [3.63, 3.8) is 0 Å². The highest BCUT2D eigenvalue weighted by atomic mass is 16.6. The molecule has 0 unspecified atom stereocenters. The minimum absolute atomic E-state index is 0.0175. The van der Waals surface area contributed by atoms with Crippen LogP contribution in [0.3, 0.4) is 0 Å². The van der Waals surface area contributed by atoms with Crippen LogP contribution in [0.2, 0.25) is 0 Å². The standard InChI is InChI=1S/C45H52O8/c1-4-5-6-7-8-9-40-30-41(39-20-24-43(25-21-39)51-27-29-53-45(49)34(3)32-47)17-16-38(40)15-12-35-10-13-36(14-11-35)37-18-22-42(23-19-37)50-26-28-52-44(48)33(2)31-46/h10-11,13-14,16-25,30,46-47H,2-9,12,15,26-29,31-32H2,1H3. The molecule has 0 aromatic heterocycles. The fourth-order valence-electron chi connectivity index (χ4n) is 5.75.